The predicted molar refractivity (Wildman–Crippen MR) is 74.7 cm³/mol. The van der Waals surface area contributed by atoms with Gasteiger partial charge < -0.3 is 16.2 Å². The van der Waals surface area contributed by atoms with Crippen molar-refractivity contribution in [1.82, 2.24) is 0 Å². The second kappa shape index (κ2) is 5.29. The second-order valence-corrected chi connectivity index (χ2v) is 5.67. The van der Waals surface area contributed by atoms with Gasteiger partial charge in [-0.15, -0.1) is 0 Å². The molecular formula is C15H24N2O. The highest BCUT2D eigenvalue weighted by atomic mass is 16.5. The van der Waals surface area contributed by atoms with Crippen LogP contribution >= 0.6 is 0 Å². The molecule has 0 radical (unpaired) electrons. The van der Waals surface area contributed by atoms with Crippen LogP contribution in [-0.4, -0.2) is 13.2 Å². The van der Waals surface area contributed by atoms with Crippen LogP contribution in [0.25, 0.3) is 0 Å². The third-order valence-corrected chi connectivity index (χ3v) is 4.00. The Balaban J connectivity index is 2.25. The number of nitrogens with two attached hydrogens (primary N) is 2. The van der Waals surface area contributed by atoms with E-state index in [1.165, 1.54) is 5.56 Å². The van der Waals surface area contributed by atoms with Crippen LogP contribution < -0.4 is 16.2 Å². The van der Waals surface area contributed by atoms with Crippen LogP contribution in [0.4, 0.5) is 0 Å². The molecule has 1 aliphatic rings. The number of benzene rings is 1. The maximum absolute atomic E-state index is 6.37. The van der Waals surface area contributed by atoms with Crippen molar-refractivity contribution in [3.8, 4) is 5.75 Å². The largest absolute Gasteiger partial charge is 0.496 e. The van der Waals surface area contributed by atoms with E-state index in [2.05, 4.69) is 26.0 Å². The molecular weight excluding hydrogens is 224 g/mol. The van der Waals surface area contributed by atoms with Crippen molar-refractivity contribution in [2.24, 2.45) is 17.4 Å². The summed E-state index contributed by atoms with van der Waals surface area (Å²) >= 11 is 0. The molecule has 3 heteroatoms. The van der Waals surface area contributed by atoms with Crippen LogP contribution in [-0.2, 0) is 0 Å². The first kappa shape index (κ1) is 13.4. The van der Waals surface area contributed by atoms with Gasteiger partial charge >= 0.3 is 0 Å². The molecule has 0 saturated heterocycles. The molecule has 0 heterocycles. The van der Waals surface area contributed by atoms with Crippen molar-refractivity contribution in [2.75, 3.05) is 7.11 Å². The first-order chi connectivity index (χ1) is 8.52. The summed E-state index contributed by atoms with van der Waals surface area (Å²) in [5.74, 6) is 1.90. The molecule has 1 unspecified atom stereocenters. The van der Waals surface area contributed by atoms with Gasteiger partial charge in [-0.05, 0) is 36.3 Å². The molecule has 18 heavy (non-hydrogen) atoms. The topological polar surface area (TPSA) is 61.3 Å². The van der Waals surface area contributed by atoms with Gasteiger partial charge in [0, 0.05) is 17.6 Å². The van der Waals surface area contributed by atoms with Gasteiger partial charge in [-0.3, -0.25) is 0 Å². The minimum Gasteiger partial charge on any atom is -0.496 e. The highest BCUT2D eigenvalue weighted by Gasteiger charge is 2.33. The zero-order valence-corrected chi connectivity index (χ0v) is 11.5. The van der Waals surface area contributed by atoms with Gasteiger partial charge in [0.05, 0.1) is 7.11 Å². The molecule has 3 nitrogen and oxygen atoms in total. The molecule has 0 aromatic heterocycles. The Labute approximate surface area is 110 Å². The van der Waals surface area contributed by atoms with Crippen LogP contribution in [0, 0.1) is 5.92 Å². The molecule has 1 saturated carbocycles. The number of rotatable bonds is 4. The molecule has 1 atom stereocenters. The fourth-order valence-electron chi connectivity index (χ4n) is 2.63. The van der Waals surface area contributed by atoms with Crippen molar-refractivity contribution >= 4 is 0 Å². The van der Waals surface area contributed by atoms with Crippen LogP contribution in [0.1, 0.15) is 49.8 Å². The van der Waals surface area contributed by atoms with E-state index in [1.54, 1.807) is 7.11 Å². The van der Waals surface area contributed by atoms with Gasteiger partial charge in [-0.25, -0.2) is 0 Å². The lowest BCUT2D eigenvalue weighted by Crippen LogP contribution is -2.41. The first-order valence-corrected chi connectivity index (χ1v) is 6.72. The summed E-state index contributed by atoms with van der Waals surface area (Å²) in [4.78, 5) is 0. The van der Waals surface area contributed by atoms with Gasteiger partial charge in [0.25, 0.3) is 0 Å². The van der Waals surface area contributed by atoms with E-state index in [0.29, 0.717) is 17.9 Å². The molecule has 0 spiro atoms. The molecule has 4 N–H and O–H groups in total. The van der Waals surface area contributed by atoms with Crippen molar-refractivity contribution in [3.63, 3.8) is 0 Å². The van der Waals surface area contributed by atoms with E-state index in [-0.39, 0.29) is 6.04 Å². The smallest absolute Gasteiger partial charge is 0.123 e. The SMILES string of the molecule is COc1ccc(C(C)C)cc1C(N)C1CC(N)C1. The third-order valence-electron chi connectivity index (χ3n) is 4.00. The van der Waals surface area contributed by atoms with Gasteiger partial charge in [0.2, 0.25) is 0 Å². The monoisotopic (exact) mass is 248 g/mol. The predicted octanol–water partition coefficient (Wildman–Crippen LogP) is 2.56. The standard InChI is InChI=1S/C15H24N2O/c1-9(2)10-4-5-14(18-3)13(8-10)15(17)11-6-12(16)7-11/h4-5,8-9,11-12,15H,6-7,16-17H2,1-3H3. The average Bonchev–Trinajstić information content (AvgIpc) is 2.33. The van der Waals surface area contributed by atoms with E-state index in [1.807, 2.05) is 6.07 Å². The lowest BCUT2D eigenvalue weighted by Gasteiger charge is -2.37. The highest BCUT2D eigenvalue weighted by molar-refractivity contribution is 5.41. The summed E-state index contributed by atoms with van der Waals surface area (Å²) in [7, 11) is 1.70. The Hall–Kier alpha value is -1.06. The second-order valence-electron chi connectivity index (χ2n) is 5.67. The molecule has 1 aromatic rings. The van der Waals surface area contributed by atoms with E-state index < -0.39 is 0 Å². The van der Waals surface area contributed by atoms with E-state index >= 15 is 0 Å². The molecule has 1 aromatic carbocycles. The number of methoxy groups -OCH3 is 1. The molecule has 2 rings (SSSR count). The Morgan fingerprint density at radius 2 is 1.94 bits per heavy atom. The zero-order chi connectivity index (χ0) is 13.3. The Bertz CT molecular complexity index is 411. The van der Waals surface area contributed by atoms with Crippen LogP contribution in [0.3, 0.4) is 0 Å². The maximum atomic E-state index is 6.37. The number of hydrogen-bond acceptors (Lipinski definition) is 3. The summed E-state index contributed by atoms with van der Waals surface area (Å²) in [5.41, 5.74) is 14.7. The quantitative estimate of drug-likeness (QED) is 0.861. The Kier molecular flexibility index (Phi) is 3.93. The zero-order valence-electron chi connectivity index (χ0n) is 11.5. The summed E-state index contributed by atoms with van der Waals surface area (Å²) in [5, 5.41) is 0. The minimum atomic E-state index is 0.0402. The van der Waals surface area contributed by atoms with Gasteiger partial charge in [0.1, 0.15) is 5.75 Å². The normalized spacial score (nSPS) is 24.8. The van der Waals surface area contributed by atoms with Crippen molar-refractivity contribution in [3.05, 3.63) is 29.3 Å². The van der Waals surface area contributed by atoms with Crippen molar-refractivity contribution in [2.45, 2.75) is 44.7 Å². The van der Waals surface area contributed by atoms with Crippen LogP contribution in [0.15, 0.2) is 18.2 Å². The van der Waals surface area contributed by atoms with Gasteiger partial charge in [-0.1, -0.05) is 26.0 Å². The highest BCUT2D eigenvalue weighted by Crippen LogP contribution is 2.39. The van der Waals surface area contributed by atoms with Gasteiger partial charge in [-0.2, -0.15) is 0 Å². The van der Waals surface area contributed by atoms with Crippen LogP contribution in [0.5, 0.6) is 5.75 Å². The number of ether oxygens (including phenoxy) is 1. The van der Waals surface area contributed by atoms with Crippen LogP contribution in [0.2, 0.25) is 0 Å². The lowest BCUT2D eigenvalue weighted by atomic mass is 9.74. The first-order valence-electron chi connectivity index (χ1n) is 6.72. The average molecular weight is 248 g/mol. The maximum Gasteiger partial charge on any atom is 0.123 e. The van der Waals surface area contributed by atoms with Gasteiger partial charge in [0.15, 0.2) is 0 Å². The summed E-state index contributed by atoms with van der Waals surface area (Å²) in [6.07, 6.45) is 2.05. The van der Waals surface area contributed by atoms with E-state index in [9.17, 15) is 0 Å². The lowest BCUT2D eigenvalue weighted by molar-refractivity contribution is 0.221. The summed E-state index contributed by atoms with van der Waals surface area (Å²) < 4.78 is 5.44. The minimum absolute atomic E-state index is 0.0402. The summed E-state index contributed by atoms with van der Waals surface area (Å²) in [6, 6.07) is 6.71. The number of hydrogen-bond donors (Lipinski definition) is 2. The van der Waals surface area contributed by atoms with Crippen molar-refractivity contribution in [1.29, 1.82) is 0 Å². The molecule has 0 bridgehead atoms. The summed E-state index contributed by atoms with van der Waals surface area (Å²) in [6.45, 7) is 4.38. The van der Waals surface area contributed by atoms with Crippen molar-refractivity contribution < 1.29 is 4.74 Å². The van der Waals surface area contributed by atoms with E-state index in [0.717, 1.165) is 24.2 Å². The van der Waals surface area contributed by atoms with E-state index in [4.69, 9.17) is 16.2 Å². The fraction of sp³-hybridized carbons (Fsp3) is 0.600. The molecule has 1 aliphatic carbocycles. The Morgan fingerprint density at radius 3 is 2.44 bits per heavy atom. The molecule has 0 aliphatic heterocycles. The molecule has 100 valence electrons. The molecule has 0 amide bonds. The molecule has 1 fully saturated rings. The third kappa shape index (κ3) is 2.52. The Morgan fingerprint density at radius 1 is 1.28 bits per heavy atom. The fourth-order valence-corrected chi connectivity index (χ4v) is 2.63.